The Bertz CT molecular complexity index is 650. The number of amides is 1. The molecule has 116 valence electrons. The maximum Gasteiger partial charge on any atom is 0.254 e. The van der Waals surface area contributed by atoms with Crippen molar-refractivity contribution in [1.29, 1.82) is 0 Å². The van der Waals surface area contributed by atoms with E-state index in [1.54, 1.807) is 6.07 Å². The molecule has 0 aliphatic heterocycles. The summed E-state index contributed by atoms with van der Waals surface area (Å²) in [5, 5.41) is 0. The highest BCUT2D eigenvalue weighted by Crippen LogP contribution is 2.29. The molecule has 1 unspecified atom stereocenters. The molecule has 0 spiro atoms. The predicted octanol–water partition coefficient (Wildman–Crippen LogP) is 4.05. The highest BCUT2D eigenvalue weighted by molar-refractivity contribution is 5.96. The van der Waals surface area contributed by atoms with Gasteiger partial charge in [-0.15, -0.1) is 0 Å². The van der Waals surface area contributed by atoms with E-state index in [1.807, 2.05) is 49.2 Å². The fourth-order valence-corrected chi connectivity index (χ4v) is 2.89. The zero-order valence-electron chi connectivity index (χ0n) is 13.7. The molecular weight excluding hydrogens is 272 g/mol. The maximum atomic E-state index is 12.9. The van der Waals surface area contributed by atoms with E-state index in [0.717, 1.165) is 11.1 Å². The lowest BCUT2D eigenvalue weighted by atomic mass is 9.94. The van der Waals surface area contributed by atoms with Crippen molar-refractivity contribution in [3.8, 4) is 0 Å². The first-order valence-corrected chi connectivity index (χ1v) is 7.60. The zero-order chi connectivity index (χ0) is 16.3. The van der Waals surface area contributed by atoms with E-state index in [1.165, 1.54) is 0 Å². The standard InChI is InChI=1S/C19H24N2O/c1-13(2)18(15-8-6-5-7-9-15)21(4)19(22)17-12-16(20)11-10-14(17)3/h5-13,18H,20H2,1-4H3. The van der Waals surface area contributed by atoms with Crippen molar-refractivity contribution in [2.24, 2.45) is 5.92 Å². The number of hydrogen-bond donors (Lipinski definition) is 1. The molecule has 3 nitrogen and oxygen atoms in total. The summed E-state index contributed by atoms with van der Waals surface area (Å²) in [6.45, 7) is 6.20. The van der Waals surface area contributed by atoms with Gasteiger partial charge in [0.1, 0.15) is 0 Å². The van der Waals surface area contributed by atoms with Crippen LogP contribution in [0.4, 0.5) is 5.69 Å². The molecule has 0 aliphatic rings. The Balaban J connectivity index is 2.37. The van der Waals surface area contributed by atoms with Gasteiger partial charge in [-0.1, -0.05) is 50.2 Å². The molecule has 0 bridgehead atoms. The number of nitrogens with zero attached hydrogens (tertiary/aromatic N) is 1. The normalized spacial score (nSPS) is 12.2. The number of aryl methyl sites for hydroxylation is 1. The predicted molar refractivity (Wildman–Crippen MR) is 91.7 cm³/mol. The smallest absolute Gasteiger partial charge is 0.254 e. The van der Waals surface area contributed by atoms with Crippen LogP contribution in [0.1, 0.15) is 41.4 Å². The average Bonchev–Trinajstić information content (AvgIpc) is 2.50. The van der Waals surface area contributed by atoms with Gasteiger partial charge in [0.15, 0.2) is 0 Å². The number of nitrogens with two attached hydrogens (primary N) is 1. The topological polar surface area (TPSA) is 46.3 Å². The summed E-state index contributed by atoms with van der Waals surface area (Å²) < 4.78 is 0. The van der Waals surface area contributed by atoms with Gasteiger partial charge in [0.2, 0.25) is 0 Å². The molecule has 22 heavy (non-hydrogen) atoms. The van der Waals surface area contributed by atoms with Gasteiger partial charge in [-0.05, 0) is 36.1 Å². The van der Waals surface area contributed by atoms with Gasteiger partial charge in [-0.2, -0.15) is 0 Å². The number of carbonyl (C=O) groups is 1. The molecule has 0 heterocycles. The van der Waals surface area contributed by atoms with Crippen molar-refractivity contribution in [3.05, 3.63) is 65.2 Å². The van der Waals surface area contributed by atoms with Crippen LogP contribution in [-0.4, -0.2) is 17.9 Å². The molecule has 0 fully saturated rings. The van der Waals surface area contributed by atoms with Gasteiger partial charge in [0.25, 0.3) is 5.91 Å². The lowest BCUT2D eigenvalue weighted by Crippen LogP contribution is -2.34. The molecule has 3 heteroatoms. The highest BCUT2D eigenvalue weighted by atomic mass is 16.2. The van der Waals surface area contributed by atoms with Gasteiger partial charge in [-0.25, -0.2) is 0 Å². The Morgan fingerprint density at radius 1 is 1.09 bits per heavy atom. The van der Waals surface area contributed by atoms with Crippen molar-refractivity contribution >= 4 is 11.6 Å². The van der Waals surface area contributed by atoms with E-state index in [-0.39, 0.29) is 11.9 Å². The van der Waals surface area contributed by atoms with Crippen molar-refractivity contribution in [2.75, 3.05) is 12.8 Å². The first-order valence-electron chi connectivity index (χ1n) is 7.60. The van der Waals surface area contributed by atoms with Crippen molar-refractivity contribution in [2.45, 2.75) is 26.8 Å². The second-order valence-electron chi connectivity index (χ2n) is 6.09. The SMILES string of the molecule is Cc1ccc(N)cc1C(=O)N(C)C(c1ccccc1)C(C)C. The lowest BCUT2D eigenvalue weighted by molar-refractivity contribution is 0.0686. The molecule has 2 rings (SSSR count). The van der Waals surface area contributed by atoms with Crippen LogP contribution in [0.15, 0.2) is 48.5 Å². The third-order valence-corrected chi connectivity index (χ3v) is 4.00. The van der Waals surface area contributed by atoms with Crippen molar-refractivity contribution in [3.63, 3.8) is 0 Å². The molecule has 2 N–H and O–H groups in total. The van der Waals surface area contributed by atoms with E-state index in [0.29, 0.717) is 17.2 Å². The van der Waals surface area contributed by atoms with Crippen molar-refractivity contribution in [1.82, 2.24) is 4.90 Å². The van der Waals surface area contributed by atoms with Gasteiger partial charge in [-0.3, -0.25) is 4.79 Å². The minimum atomic E-state index is 0.00681. The lowest BCUT2D eigenvalue weighted by Gasteiger charge is -2.32. The summed E-state index contributed by atoms with van der Waals surface area (Å²) in [5.41, 5.74) is 9.22. The Morgan fingerprint density at radius 3 is 2.32 bits per heavy atom. The van der Waals surface area contributed by atoms with Crippen LogP contribution in [0.2, 0.25) is 0 Å². The summed E-state index contributed by atoms with van der Waals surface area (Å²) in [4.78, 5) is 14.7. The van der Waals surface area contributed by atoms with E-state index in [2.05, 4.69) is 26.0 Å². The number of anilines is 1. The third kappa shape index (κ3) is 3.30. The summed E-state index contributed by atoms with van der Waals surface area (Å²) in [5.74, 6) is 0.324. The summed E-state index contributed by atoms with van der Waals surface area (Å²) in [7, 11) is 1.86. The Labute approximate surface area is 132 Å². The Hall–Kier alpha value is -2.29. The van der Waals surface area contributed by atoms with Crippen LogP contribution in [0.25, 0.3) is 0 Å². The number of carbonyl (C=O) groups excluding carboxylic acids is 1. The van der Waals surface area contributed by atoms with Crippen LogP contribution < -0.4 is 5.73 Å². The van der Waals surface area contributed by atoms with Crippen LogP contribution in [0, 0.1) is 12.8 Å². The Kier molecular flexibility index (Phi) is 4.86. The van der Waals surface area contributed by atoms with Gasteiger partial charge in [0.05, 0.1) is 6.04 Å². The van der Waals surface area contributed by atoms with Crippen LogP contribution in [0.3, 0.4) is 0 Å². The molecule has 0 aromatic heterocycles. The molecule has 2 aromatic carbocycles. The van der Waals surface area contributed by atoms with E-state index in [4.69, 9.17) is 5.73 Å². The minimum Gasteiger partial charge on any atom is -0.399 e. The van der Waals surface area contributed by atoms with Crippen molar-refractivity contribution < 1.29 is 4.79 Å². The highest BCUT2D eigenvalue weighted by Gasteiger charge is 2.26. The molecular formula is C19H24N2O. The fourth-order valence-electron chi connectivity index (χ4n) is 2.89. The van der Waals surface area contributed by atoms with E-state index >= 15 is 0 Å². The first-order chi connectivity index (χ1) is 10.4. The fraction of sp³-hybridized carbons (Fsp3) is 0.316. The number of benzene rings is 2. The van der Waals surface area contributed by atoms with Gasteiger partial charge < -0.3 is 10.6 Å². The summed E-state index contributed by atoms with van der Waals surface area (Å²) in [6, 6.07) is 15.7. The quantitative estimate of drug-likeness (QED) is 0.865. The monoisotopic (exact) mass is 296 g/mol. The van der Waals surface area contributed by atoms with Crippen LogP contribution in [-0.2, 0) is 0 Å². The summed E-state index contributed by atoms with van der Waals surface area (Å²) in [6.07, 6.45) is 0. The van der Waals surface area contributed by atoms with Gasteiger partial charge >= 0.3 is 0 Å². The summed E-state index contributed by atoms with van der Waals surface area (Å²) >= 11 is 0. The molecule has 0 radical (unpaired) electrons. The molecule has 1 atom stereocenters. The van der Waals surface area contributed by atoms with Gasteiger partial charge in [0, 0.05) is 18.3 Å². The van der Waals surface area contributed by atoms with Crippen LogP contribution >= 0.6 is 0 Å². The molecule has 0 saturated heterocycles. The molecule has 2 aromatic rings. The minimum absolute atomic E-state index is 0.00681. The average molecular weight is 296 g/mol. The maximum absolute atomic E-state index is 12.9. The van der Waals surface area contributed by atoms with E-state index in [9.17, 15) is 4.79 Å². The zero-order valence-corrected chi connectivity index (χ0v) is 13.7. The number of rotatable bonds is 4. The molecule has 0 aliphatic carbocycles. The molecule has 1 amide bonds. The number of nitrogen functional groups attached to an aromatic ring is 1. The first kappa shape index (κ1) is 16.1. The van der Waals surface area contributed by atoms with Crippen LogP contribution in [0.5, 0.6) is 0 Å². The largest absolute Gasteiger partial charge is 0.399 e. The third-order valence-electron chi connectivity index (χ3n) is 4.00. The second-order valence-corrected chi connectivity index (χ2v) is 6.09. The molecule has 0 saturated carbocycles. The van der Waals surface area contributed by atoms with E-state index < -0.39 is 0 Å². The number of hydrogen-bond acceptors (Lipinski definition) is 2. The second kappa shape index (κ2) is 6.65. The Morgan fingerprint density at radius 2 is 1.73 bits per heavy atom.